The Morgan fingerprint density at radius 2 is 2.05 bits per heavy atom. The highest BCUT2D eigenvalue weighted by Crippen LogP contribution is 2.19. The van der Waals surface area contributed by atoms with Gasteiger partial charge in [0.25, 0.3) is 0 Å². The maximum absolute atomic E-state index is 11.8. The van der Waals surface area contributed by atoms with Crippen molar-refractivity contribution in [1.82, 2.24) is 4.90 Å². The first-order valence-electron chi connectivity index (χ1n) is 7.17. The summed E-state index contributed by atoms with van der Waals surface area (Å²) in [6.07, 6.45) is 1.22. The molecule has 0 radical (unpaired) electrons. The van der Waals surface area contributed by atoms with E-state index < -0.39 is 0 Å². The highest BCUT2D eigenvalue weighted by Gasteiger charge is 2.13. The van der Waals surface area contributed by atoms with Gasteiger partial charge < -0.3 is 11.1 Å². The van der Waals surface area contributed by atoms with E-state index in [1.54, 1.807) is 0 Å². The monoisotopic (exact) mass is 293 g/mol. The van der Waals surface area contributed by atoms with Crippen LogP contribution in [0.25, 0.3) is 0 Å². The molecule has 1 aromatic carbocycles. The van der Waals surface area contributed by atoms with E-state index in [2.05, 4.69) is 16.3 Å². The fourth-order valence-electron chi connectivity index (χ4n) is 2.26. The smallest absolute Gasteiger partial charge is 0.224 e. The van der Waals surface area contributed by atoms with Gasteiger partial charge >= 0.3 is 0 Å². The first-order chi connectivity index (χ1) is 9.79. The lowest BCUT2D eigenvalue weighted by molar-refractivity contribution is -0.116. The van der Waals surface area contributed by atoms with E-state index in [-0.39, 0.29) is 5.91 Å². The fraction of sp³-hybridized carbons (Fsp3) is 0.533. The number of thioether (sulfide) groups is 1. The van der Waals surface area contributed by atoms with Crippen molar-refractivity contribution in [3.63, 3.8) is 0 Å². The topological polar surface area (TPSA) is 58.4 Å². The number of nitrogens with two attached hydrogens (primary N) is 1. The van der Waals surface area contributed by atoms with Crippen LogP contribution in [0.1, 0.15) is 18.4 Å². The minimum atomic E-state index is 0.0529. The van der Waals surface area contributed by atoms with Crippen molar-refractivity contribution in [3.8, 4) is 0 Å². The molecule has 4 nitrogen and oxygen atoms in total. The molecule has 1 aromatic rings. The zero-order valence-electron chi connectivity index (χ0n) is 11.8. The first kappa shape index (κ1) is 15.4. The van der Waals surface area contributed by atoms with Crippen LogP contribution in [0.4, 0.5) is 5.69 Å². The molecule has 2 rings (SSSR count). The average molecular weight is 293 g/mol. The van der Waals surface area contributed by atoms with E-state index >= 15 is 0 Å². The average Bonchev–Trinajstić information content (AvgIpc) is 2.48. The predicted molar refractivity (Wildman–Crippen MR) is 86.0 cm³/mol. The molecule has 1 fully saturated rings. The fourth-order valence-corrected chi connectivity index (χ4v) is 3.23. The number of nitrogens with one attached hydrogen (secondary N) is 1. The zero-order chi connectivity index (χ0) is 14.2. The number of hydrogen-bond donors (Lipinski definition) is 2. The van der Waals surface area contributed by atoms with Gasteiger partial charge in [-0.1, -0.05) is 18.2 Å². The van der Waals surface area contributed by atoms with Gasteiger partial charge in [0, 0.05) is 43.2 Å². The maximum Gasteiger partial charge on any atom is 0.224 e. The molecule has 0 atom stereocenters. The maximum atomic E-state index is 11.8. The van der Waals surface area contributed by atoms with Crippen molar-refractivity contribution in [2.75, 3.05) is 36.5 Å². The van der Waals surface area contributed by atoms with Crippen LogP contribution in [-0.2, 0) is 11.3 Å². The summed E-state index contributed by atoms with van der Waals surface area (Å²) in [5, 5.41) is 3.01. The third-order valence-electron chi connectivity index (χ3n) is 3.40. The Hall–Kier alpha value is -1.04. The quantitative estimate of drug-likeness (QED) is 0.841. The van der Waals surface area contributed by atoms with Gasteiger partial charge in [0.05, 0.1) is 0 Å². The van der Waals surface area contributed by atoms with Crippen LogP contribution in [0.5, 0.6) is 0 Å². The number of carbonyl (C=O) groups is 1. The molecular weight excluding hydrogens is 270 g/mol. The summed E-state index contributed by atoms with van der Waals surface area (Å²) in [7, 11) is 0. The number of amides is 1. The normalized spacial score (nSPS) is 16.1. The van der Waals surface area contributed by atoms with Crippen molar-refractivity contribution in [1.29, 1.82) is 0 Å². The molecule has 0 aliphatic carbocycles. The van der Waals surface area contributed by atoms with E-state index in [1.807, 2.05) is 30.0 Å². The molecular formula is C15H23N3OS. The SMILES string of the molecule is NCCCC(=O)Nc1ccccc1CN1CCSCC1. The molecule has 1 aliphatic rings. The van der Waals surface area contributed by atoms with Crippen LogP contribution in [0.15, 0.2) is 24.3 Å². The van der Waals surface area contributed by atoms with Crippen LogP contribution in [-0.4, -0.2) is 41.9 Å². The van der Waals surface area contributed by atoms with Crippen LogP contribution >= 0.6 is 11.8 Å². The molecule has 1 amide bonds. The molecule has 1 heterocycles. The van der Waals surface area contributed by atoms with Gasteiger partial charge in [0.2, 0.25) is 5.91 Å². The van der Waals surface area contributed by atoms with Crippen LogP contribution < -0.4 is 11.1 Å². The van der Waals surface area contributed by atoms with Gasteiger partial charge in [-0.25, -0.2) is 0 Å². The van der Waals surface area contributed by atoms with Crippen molar-refractivity contribution in [3.05, 3.63) is 29.8 Å². The Bertz CT molecular complexity index is 433. The second-order valence-corrected chi connectivity index (χ2v) is 6.21. The van der Waals surface area contributed by atoms with Gasteiger partial charge in [0.15, 0.2) is 0 Å². The van der Waals surface area contributed by atoms with E-state index in [0.717, 1.165) is 31.7 Å². The van der Waals surface area contributed by atoms with Crippen LogP contribution in [0, 0.1) is 0 Å². The molecule has 110 valence electrons. The number of anilines is 1. The highest BCUT2D eigenvalue weighted by molar-refractivity contribution is 7.99. The molecule has 0 bridgehead atoms. The third kappa shape index (κ3) is 4.81. The third-order valence-corrected chi connectivity index (χ3v) is 4.34. The van der Waals surface area contributed by atoms with Gasteiger partial charge in [-0.2, -0.15) is 11.8 Å². The highest BCUT2D eigenvalue weighted by atomic mass is 32.2. The van der Waals surface area contributed by atoms with E-state index in [9.17, 15) is 4.79 Å². The van der Waals surface area contributed by atoms with Gasteiger partial charge in [-0.3, -0.25) is 9.69 Å². The lowest BCUT2D eigenvalue weighted by Gasteiger charge is -2.27. The summed E-state index contributed by atoms with van der Waals surface area (Å²) in [5.74, 6) is 2.45. The first-order valence-corrected chi connectivity index (χ1v) is 8.33. The lowest BCUT2D eigenvalue weighted by atomic mass is 10.1. The molecule has 3 N–H and O–H groups in total. The second-order valence-electron chi connectivity index (χ2n) is 4.99. The van der Waals surface area contributed by atoms with Gasteiger partial charge in [-0.15, -0.1) is 0 Å². The Morgan fingerprint density at radius 1 is 1.30 bits per heavy atom. The molecule has 1 saturated heterocycles. The summed E-state index contributed by atoms with van der Waals surface area (Å²) >= 11 is 2.01. The summed E-state index contributed by atoms with van der Waals surface area (Å²) in [4.78, 5) is 14.3. The minimum absolute atomic E-state index is 0.0529. The summed E-state index contributed by atoms with van der Waals surface area (Å²) < 4.78 is 0. The second kappa shape index (κ2) is 8.29. The van der Waals surface area contributed by atoms with Crippen molar-refractivity contribution < 1.29 is 4.79 Å². The number of carbonyl (C=O) groups excluding carboxylic acids is 1. The number of benzene rings is 1. The Kier molecular flexibility index (Phi) is 6.36. The standard InChI is InChI=1S/C15H23N3OS/c16-7-3-6-15(19)17-14-5-2-1-4-13(14)12-18-8-10-20-11-9-18/h1-2,4-5H,3,6-12,16H2,(H,17,19). The number of nitrogens with zero attached hydrogens (tertiary/aromatic N) is 1. The largest absolute Gasteiger partial charge is 0.330 e. The molecule has 20 heavy (non-hydrogen) atoms. The zero-order valence-corrected chi connectivity index (χ0v) is 12.6. The molecule has 1 aliphatic heterocycles. The Balaban J connectivity index is 1.96. The minimum Gasteiger partial charge on any atom is -0.330 e. The summed E-state index contributed by atoms with van der Waals surface area (Å²) in [6, 6.07) is 8.08. The number of para-hydroxylation sites is 1. The van der Waals surface area contributed by atoms with E-state index in [0.29, 0.717) is 13.0 Å². The number of hydrogen-bond acceptors (Lipinski definition) is 4. The van der Waals surface area contributed by atoms with Crippen LogP contribution in [0.2, 0.25) is 0 Å². The van der Waals surface area contributed by atoms with Crippen molar-refractivity contribution in [2.45, 2.75) is 19.4 Å². The van der Waals surface area contributed by atoms with E-state index in [1.165, 1.54) is 17.1 Å². The molecule has 5 heteroatoms. The van der Waals surface area contributed by atoms with E-state index in [4.69, 9.17) is 5.73 Å². The number of rotatable bonds is 6. The Morgan fingerprint density at radius 3 is 2.80 bits per heavy atom. The van der Waals surface area contributed by atoms with Crippen LogP contribution in [0.3, 0.4) is 0 Å². The van der Waals surface area contributed by atoms with Gasteiger partial charge in [0.1, 0.15) is 0 Å². The van der Waals surface area contributed by atoms with Crippen molar-refractivity contribution >= 4 is 23.4 Å². The molecule has 0 saturated carbocycles. The predicted octanol–water partition coefficient (Wildman–Crippen LogP) is 1.91. The summed E-state index contributed by atoms with van der Waals surface area (Å²) in [5.41, 5.74) is 7.57. The summed E-state index contributed by atoms with van der Waals surface area (Å²) in [6.45, 7) is 3.72. The Labute approximate surface area is 125 Å². The molecule has 0 aromatic heterocycles. The lowest BCUT2D eigenvalue weighted by Crippen LogP contribution is -2.32. The van der Waals surface area contributed by atoms with Gasteiger partial charge in [-0.05, 0) is 24.6 Å². The van der Waals surface area contributed by atoms with Crippen molar-refractivity contribution in [2.24, 2.45) is 5.73 Å². The molecule has 0 spiro atoms. The molecule has 0 unspecified atom stereocenters.